The van der Waals surface area contributed by atoms with Crippen LogP contribution >= 0.6 is 31.9 Å². The Morgan fingerprint density at radius 3 is 2.65 bits per heavy atom. The number of hydrogen-bond donors (Lipinski definition) is 1. The number of halogens is 2. The van der Waals surface area contributed by atoms with Crippen molar-refractivity contribution in [3.05, 3.63) is 50.2 Å². The first-order valence-electron chi connectivity index (χ1n) is 6.69. The largest absolute Gasteiger partial charge is 0.310 e. The Morgan fingerprint density at radius 1 is 1.35 bits per heavy atom. The lowest BCUT2D eigenvalue weighted by Crippen LogP contribution is -2.24. The third-order valence-corrected chi connectivity index (χ3v) is 4.89. The number of benzene rings is 1. The van der Waals surface area contributed by atoms with Crippen LogP contribution in [-0.2, 0) is 13.5 Å². The van der Waals surface area contributed by atoms with E-state index in [1.54, 1.807) is 0 Å². The molecule has 0 aliphatic heterocycles. The molecule has 3 nitrogen and oxygen atoms in total. The maximum absolute atomic E-state index is 4.47. The van der Waals surface area contributed by atoms with Crippen LogP contribution in [0.2, 0.25) is 0 Å². The van der Waals surface area contributed by atoms with E-state index >= 15 is 0 Å². The first kappa shape index (κ1) is 15.7. The number of aryl methyl sites for hydroxylation is 2. The highest BCUT2D eigenvalue weighted by Gasteiger charge is 2.17. The minimum absolute atomic E-state index is 0.281. The molecule has 1 aromatic carbocycles. The van der Waals surface area contributed by atoms with Gasteiger partial charge in [-0.05, 0) is 47.1 Å². The predicted octanol–water partition coefficient (Wildman–Crippen LogP) is 4.15. The maximum atomic E-state index is 4.47. The fourth-order valence-electron chi connectivity index (χ4n) is 2.37. The second kappa shape index (κ2) is 6.87. The van der Waals surface area contributed by atoms with Gasteiger partial charge in [0, 0.05) is 24.0 Å². The van der Waals surface area contributed by atoms with E-state index in [1.165, 1.54) is 11.3 Å². The zero-order valence-corrected chi connectivity index (χ0v) is 15.1. The summed E-state index contributed by atoms with van der Waals surface area (Å²) in [4.78, 5) is 0. The number of nitrogens with one attached hydrogen (secondary N) is 1. The molecule has 0 radical (unpaired) electrons. The molecule has 0 amide bonds. The van der Waals surface area contributed by atoms with Gasteiger partial charge in [-0.2, -0.15) is 5.10 Å². The summed E-state index contributed by atoms with van der Waals surface area (Å²) in [6.07, 6.45) is 0.905. The van der Waals surface area contributed by atoms with E-state index in [9.17, 15) is 0 Å². The quantitative estimate of drug-likeness (QED) is 0.816. The van der Waals surface area contributed by atoms with Gasteiger partial charge in [-0.25, -0.2) is 0 Å². The standard InChI is InChI=1S/C15H19Br2N3/c1-4-18-13(11-6-5-7-12(16)8-11)9-14-15(17)10(2)19-20(14)3/h5-8,13,18H,4,9H2,1-3H3. The van der Waals surface area contributed by atoms with Gasteiger partial charge in [0.2, 0.25) is 0 Å². The molecule has 0 saturated heterocycles. The van der Waals surface area contributed by atoms with Crippen LogP contribution < -0.4 is 5.32 Å². The second-order valence-electron chi connectivity index (χ2n) is 4.84. The first-order chi connectivity index (χ1) is 9.52. The van der Waals surface area contributed by atoms with Gasteiger partial charge in [-0.1, -0.05) is 35.0 Å². The van der Waals surface area contributed by atoms with E-state index < -0.39 is 0 Å². The van der Waals surface area contributed by atoms with Crippen molar-refractivity contribution in [2.45, 2.75) is 26.3 Å². The third kappa shape index (κ3) is 3.51. The maximum Gasteiger partial charge on any atom is 0.0738 e. The molecule has 20 heavy (non-hydrogen) atoms. The summed E-state index contributed by atoms with van der Waals surface area (Å²) in [6.45, 7) is 5.09. The van der Waals surface area contributed by atoms with E-state index in [4.69, 9.17) is 0 Å². The van der Waals surface area contributed by atoms with Crippen LogP contribution in [0.15, 0.2) is 33.2 Å². The van der Waals surface area contributed by atoms with Crippen molar-refractivity contribution in [3.63, 3.8) is 0 Å². The van der Waals surface area contributed by atoms with Gasteiger partial charge in [0.15, 0.2) is 0 Å². The Morgan fingerprint density at radius 2 is 2.10 bits per heavy atom. The zero-order valence-electron chi connectivity index (χ0n) is 12.0. The smallest absolute Gasteiger partial charge is 0.0738 e. The summed E-state index contributed by atoms with van der Waals surface area (Å²) in [5.74, 6) is 0. The highest BCUT2D eigenvalue weighted by Crippen LogP contribution is 2.27. The molecule has 0 saturated carbocycles. The Labute approximate surface area is 137 Å². The van der Waals surface area contributed by atoms with Crippen molar-refractivity contribution in [1.29, 1.82) is 0 Å². The second-order valence-corrected chi connectivity index (χ2v) is 6.55. The van der Waals surface area contributed by atoms with Gasteiger partial charge in [0.1, 0.15) is 0 Å². The van der Waals surface area contributed by atoms with Crippen molar-refractivity contribution in [1.82, 2.24) is 15.1 Å². The number of likely N-dealkylation sites (N-methyl/N-ethyl adjacent to an activating group) is 1. The van der Waals surface area contributed by atoms with Crippen molar-refractivity contribution in [2.75, 3.05) is 6.54 Å². The molecule has 1 N–H and O–H groups in total. The van der Waals surface area contributed by atoms with Gasteiger partial charge in [-0.15, -0.1) is 0 Å². The van der Waals surface area contributed by atoms with Gasteiger partial charge < -0.3 is 5.32 Å². The van der Waals surface area contributed by atoms with Gasteiger partial charge in [0.25, 0.3) is 0 Å². The minimum Gasteiger partial charge on any atom is -0.310 e. The monoisotopic (exact) mass is 399 g/mol. The van der Waals surface area contributed by atoms with Crippen LogP contribution in [0.1, 0.15) is 29.9 Å². The summed E-state index contributed by atoms with van der Waals surface area (Å²) < 4.78 is 4.18. The predicted molar refractivity (Wildman–Crippen MR) is 89.9 cm³/mol. The van der Waals surface area contributed by atoms with E-state index in [2.05, 4.69) is 73.5 Å². The summed E-state index contributed by atoms with van der Waals surface area (Å²) in [6, 6.07) is 8.74. The van der Waals surface area contributed by atoms with Crippen LogP contribution in [0, 0.1) is 6.92 Å². The van der Waals surface area contributed by atoms with E-state index in [-0.39, 0.29) is 6.04 Å². The summed E-state index contributed by atoms with van der Waals surface area (Å²) >= 11 is 7.19. The van der Waals surface area contributed by atoms with Crippen molar-refractivity contribution in [2.24, 2.45) is 7.05 Å². The Hall–Kier alpha value is -0.650. The molecule has 0 aliphatic rings. The molecule has 1 atom stereocenters. The van der Waals surface area contributed by atoms with E-state index in [1.807, 2.05) is 18.7 Å². The average Bonchev–Trinajstić information content (AvgIpc) is 2.64. The minimum atomic E-state index is 0.281. The number of hydrogen-bond acceptors (Lipinski definition) is 2. The summed E-state index contributed by atoms with van der Waals surface area (Å²) in [7, 11) is 2.00. The highest BCUT2D eigenvalue weighted by molar-refractivity contribution is 9.10. The fraction of sp³-hybridized carbons (Fsp3) is 0.400. The topological polar surface area (TPSA) is 29.9 Å². The number of rotatable bonds is 5. The van der Waals surface area contributed by atoms with Crippen molar-refractivity contribution >= 4 is 31.9 Å². The Balaban J connectivity index is 2.30. The lowest BCUT2D eigenvalue weighted by atomic mass is 10.0. The number of aromatic nitrogens is 2. The SMILES string of the molecule is CCNC(Cc1c(Br)c(C)nn1C)c1cccc(Br)c1. The first-order valence-corrected chi connectivity index (χ1v) is 8.28. The molecule has 1 aromatic heterocycles. The molecule has 0 spiro atoms. The van der Waals surface area contributed by atoms with Gasteiger partial charge in [0.05, 0.1) is 15.9 Å². The van der Waals surface area contributed by atoms with Crippen LogP contribution in [0.25, 0.3) is 0 Å². The lowest BCUT2D eigenvalue weighted by molar-refractivity contribution is 0.527. The van der Waals surface area contributed by atoms with Crippen molar-refractivity contribution < 1.29 is 0 Å². The molecule has 0 aliphatic carbocycles. The molecule has 5 heteroatoms. The molecule has 2 aromatic rings. The third-order valence-electron chi connectivity index (χ3n) is 3.36. The normalized spacial score (nSPS) is 12.7. The summed E-state index contributed by atoms with van der Waals surface area (Å²) in [5.41, 5.74) is 3.53. The highest BCUT2D eigenvalue weighted by atomic mass is 79.9. The molecule has 1 heterocycles. The van der Waals surface area contributed by atoms with Crippen LogP contribution in [-0.4, -0.2) is 16.3 Å². The van der Waals surface area contributed by atoms with Crippen LogP contribution in [0.4, 0.5) is 0 Å². The van der Waals surface area contributed by atoms with E-state index in [0.29, 0.717) is 0 Å². The molecule has 1 unspecified atom stereocenters. The molecular formula is C15H19Br2N3. The summed E-state index contributed by atoms with van der Waals surface area (Å²) in [5, 5.41) is 8.02. The van der Waals surface area contributed by atoms with E-state index in [0.717, 1.165) is 27.6 Å². The molecule has 0 bridgehead atoms. The number of nitrogens with zero attached hydrogens (tertiary/aromatic N) is 2. The molecular weight excluding hydrogens is 382 g/mol. The molecule has 2 rings (SSSR count). The fourth-order valence-corrected chi connectivity index (χ4v) is 3.29. The van der Waals surface area contributed by atoms with Crippen LogP contribution in [0.5, 0.6) is 0 Å². The van der Waals surface area contributed by atoms with Crippen LogP contribution in [0.3, 0.4) is 0 Å². The Kier molecular flexibility index (Phi) is 5.41. The molecule has 0 fully saturated rings. The van der Waals surface area contributed by atoms with Gasteiger partial charge >= 0.3 is 0 Å². The average molecular weight is 401 g/mol. The zero-order chi connectivity index (χ0) is 14.7. The molecule has 108 valence electrons. The lowest BCUT2D eigenvalue weighted by Gasteiger charge is -2.19. The Bertz CT molecular complexity index is 593. The van der Waals surface area contributed by atoms with Crippen molar-refractivity contribution in [3.8, 4) is 0 Å². The van der Waals surface area contributed by atoms with Gasteiger partial charge in [-0.3, -0.25) is 4.68 Å².